The van der Waals surface area contributed by atoms with Crippen LogP contribution in [0.1, 0.15) is 122 Å². The number of rotatable bonds is 25. The van der Waals surface area contributed by atoms with Gasteiger partial charge in [0.2, 0.25) is 0 Å². The first kappa shape index (κ1) is 121. The fourth-order valence-electron chi connectivity index (χ4n) is 20.0. The summed E-state index contributed by atoms with van der Waals surface area (Å²) >= 11 is 4.69. The minimum atomic E-state index is -0.784. The summed E-state index contributed by atoms with van der Waals surface area (Å²) in [5.74, 6) is 0.417. The Morgan fingerprint density at radius 3 is 0.711 bits per heavy atom. The van der Waals surface area contributed by atoms with Crippen LogP contribution in [-0.4, -0.2) is 469 Å². The summed E-state index contributed by atoms with van der Waals surface area (Å²) < 4.78 is 21.3. The molecule has 34 heteroatoms. The predicted molar refractivity (Wildman–Crippen MR) is 557 cm³/mol. The van der Waals surface area contributed by atoms with Gasteiger partial charge in [-0.1, -0.05) is 143 Å². The number of carboxylic acid groups (broad SMARTS) is 2. The van der Waals surface area contributed by atoms with Crippen LogP contribution < -0.4 is 0 Å². The molecule has 792 valence electrons. The Balaban J connectivity index is 0.000000252. The second kappa shape index (κ2) is 63.9. The molecule has 8 aliphatic heterocycles. The smallest absolute Gasteiger partial charge is 0.373 e. The van der Waals surface area contributed by atoms with Gasteiger partial charge in [-0.05, 0) is 169 Å². The number of aryl methyl sites for hydroxylation is 3. The molecule has 8 aliphatic rings. The number of thiocarbonyl (C=S) groups is 1. The number of carboxylic acids is 2. The molecule has 0 aliphatic carbocycles. The number of fused-ring (bicyclic) bond motifs is 16. The number of carbonyl (C=O) groups is 6. The van der Waals surface area contributed by atoms with Crippen LogP contribution >= 0.6 is 12.2 Å². The highest BCUT2D eigenvalue weighted by molar-refractivity contribution is 7.78. The molecule has 142 heavy (non-hydrogen) atoms. The molecule has 8 unspecified atom stereocenters. The number of carbonyl (C=O) groups excluding carboxylic acids is 8. The second-order valence-corrected chi connectivity index (χ2v) is 44.6. The van der Waals surface area contributed by atoms with E-state index in [-0.39, 0.29) is 37.3 Å². The molecule has 12 rings (SSSR count). The number of esters is 2. The fourth-order valence-corrected chi connectivity index (χ4v) is 20.1. The number of hydrogen-bond acceptors (Lipinski definition) is 32. The molecular weight excluding hydrogens is 1820 g/mol. The summed E-state index contributed by atoms with van der Waals surface area (Å²) in [4.78, 5) is 144. The van der Waals surface area contributed by atoms with Crippen LogP contribution in [0, 0.1) is 55.3 Å². The molecular formula is C108H173N17O16S. The Morgan fingerprint density at radius 2 is 0.521 bits per heavy atom. The Labute approximate surface area is 853 Å². The second-order valence-electron chi connectivity index (χ2n) is 44.4. The van der Waals surface area contributed by atoms with E-state index in [0.29, 0.717) is 74.0 Å². The lowest BCUT2D eigenvalue weighted by Gasteiger charge is -2.40. The van der Waals surface area contributed by atoms with Gasteiger partial charge in [-0.3, -0.25) is 58.2 Å². The third-order valence-electron chi connectivity index (χ3n) is 26.7. The Kier molecular flexibility index (Phi) is 54.2. The molecule has 2 N–H and O–H groups in total. The van der Waals surface area contributed by atoms with Crippen LogP contribution in [0.4, 0.5) is 5.69 Å². The summed E-state index contributed by atoms with van der Waals surface area (Å²) in [7, 11) is 0. The minimum absolute atomic E-state index is 0.0704. The van der Waals surface area contributed by atoms with E-state index in [9.17, 15) is 39.0 Å². The molecule has 8 heterocycles. The number of ether oxygens (including phenoxy) is 4. The van der Waals surface area contributed by atoms with Gasteiger partial charge in [0.1, 0.15) is 24.7 Å². The van der Waals surface area contributed by atoms with Gasteiger partial charge in [0.05, 0.1) is 37.0 Å². The largest absolute Gasteiger partial charge is 0.480 e. The monoisotopic (exact) mass is 2000 g/mol. The highest BCUT2D eigenvalue weighted by Gasteiger charge is 2.34. The average Bonchev–Trinajstić information content (AvgIpc) is 0.840. The number of isothiocyanates is 1. The summed E-state index contributed by atoms with van der Waals surface area (Å²) in [6, 6.07) is 35.2. The molecule has 4 aromatic rings. The molecule has 8 bridgehead atoms. The first-order valence-electron chi connectivity index (χ1n) is 51.5. The summed E-state index contributed by atoms with van der Waals surface area (Å²) in [6.07, 6.45) is 4.76. The van der Waals surface area contributed by atoms with Crippen LogP contribution in [0.3, 0.4) is 0 Å². The van der Waals surface area contributed by atoms with Crippen molar-refractivity contribution in [1.29, 1.82) is 0 Å². The van der Waals surface area contributed by atoms with Crippen molar-refractivity contribution in [3.05, 3.63) is 136 Å². The molecule has 8 saturated heterocycles. The van der Waals surface area contributed by atoms with Crippen molar-refractivity contribution in [3.63, 3.8) is 0 Å². The van der Waals surface area contributed by atoms with E-state index in [1.54, 1.807) is 0 Å². The van der Waals surface area contributed by atoms with Crippen LogP contribution in [0.15, 0.2) is 102 Å². The molecule has 0 spiro atoms. The lowest BCUT2D eigenvalue weighted by molar-refractivity contribution is -0.193. The third-order valence-corrected chi connectivity index (χ3v) is 26.8. The van der Waals surface area contributed by atoms with E-state index in [4.69, 9.17) is 38.1 Å². The predicted octanol–water partition coefficient (Wildman–Crippen LogP) is 8.02. The Bertz CT molecular complexity index is 4190. The van der Waals surface area contributed by atoms with Gasteiger partial charge in [-0.15, -0.1) is 0 Å². The van der Waals surface area contributed by atoms with Crippen molar-refractivity contribution < 1.29 is 77.1 Å². The lowest BCUT2D eigenvalue weighted by Crippen LogP contribution is -2.52. The van der Waals surface area contributed by atoms with Crippen LogP contribution in [0.2, 0.25) is 0 Å². The number of aliphatic carboxylic acids is 2. The van der Waals surface area contributed by atoms with Crippen molar-refractivity contribution in [2.45, 2.75) is 141 Å². The van der Waals surface area contributed by atoms with Crippen molar-refractivity contribution in [1.82, 2.24) is 78.4 Å². The van der Waals surface area contributed by atoms with Crippen LogP contribution in [0.5, 0.6) is 0 Å². The number of aliphatic imine (C=N–C) groups is 1. The van der Waals surface area contributed by atoms with Gasteiger partial charge in [-0.25, -0.2) is 0 Å². The highest BCUT2D eigenvalue weighted by atomic mass is 32.1. The normalized spacial score (nSPS) is 24.7. The summed E-state index contributed by atoms with van der Waals surface area (Å²) in [6.45, 7) is 74.6. The molecule has 0 radical (unpaired) electrons. The average molecular weight is 2000 g/mol. The van der Waals surface area contributed by atoms with Gasteiger partial charge < -0.3 is 78.2 Å². The summed E-state index contributed by atoms with van der Waals surface area (Å²) in [5, 5.41) is 21.0. The fraction of sp³-hybridized carbons (Fsp3) is 0.694. The quantitative estimate of drug-likeness (QED) is 0.0208. The van der Waals surface area contributed by atoms with Gasteiger partial charge in [0.25, 0.3) is 12.9 Å². The van der Waals surface area contributed by atoms with E-state index in [2.05, 4.69) is 243 Å². The number of benzene rings is 4. The molecule has 0 saturated carbocycles. The van der Waals surface area contributed by atoms with Gasteiger partial charge in [0.15, 0.2) is 0 Å². The first-order chi connectivity index (χ1) is 67.6. The van der Waals surface area contributed by atoms with Crippen LogP contribution in [-0.2, 0) is 92.6 Å². The standard InChI is InChI=1S/2C30H52N4O2.C23H33N5O4S.C23H36N4O4.2CO2/c2*1-25-8-10-26(11-9-25)20-27-21-31-12-14-33(23-28(35)36-30(5,6)7)15-13-32(22-27)17-19-34(18-16-31)24-29(2,3)4;29-19-32-18-28-11-9-25-5-7-27(16-23(30)31)8-6-26(10-12-28)15-21(14-25)13-20-1-3-22(4-2-20)24-17-33;1-20-2-4-21(5-3-20)14-22-15-24-6-8-26(17-23(29)30)9-7-25(16-22)11-13-27(12-10-24)18-31-19-28;2*2-1-3/h2*8-11,27H,12-24H2,1-7H3;1-4,19,21H,5-16,18H2,(H,30,31);2-5,19,22H,6-18H2,1H3,(H,29,30);;. The molecule has 8 atom stereocenters. The van der Waals surface area contributed by atoms with E-state index < -0.39 is 23.1 Å². The van der Waals surface area contributed by atoms with Crippen molar-refractivity contribution in [2.75, 3.05) is 315 Å². The maximum absolute atomic E-state index is 12.6. The molecule has 8 fully saturated rings. The highest BCUT2D eigenvalue weighted by Crippen LogP contribution is 2.26. The topological polar surface area (TPSA) is 312 Å². The molecule has 0 aromatic heterocycles. The molecule has 4 aromatic carbocycles. The number of hydrogen-bond donors (Lipinski definition) is 2. The van der Waals surface area contributed by atoms with E-state index in [0.717, 1.165) is 306 Å². The van der Waals surface area contributed by atoms with Crippen LogP contribution in [0.25, 0.3) is 0 Å². The molecule has 0 amide bonds. The Hall–Kier alpha value is -8.38. The van der Waals surface area contributed by atoms with Gasteiger partial charge >= 0.3 is 36.2 Å². The summed E-state index contributed by atoms with van der Waals surface area (Å²) in [5.41, 5.74) is 10.0. The maximum atomic E-state index is 12.6. The van der Waals surface area contributed by atoms with E-state index in [1.807, 2.05) is 58.6 Å². The lowest BCUT2D eigenvalue weighted by atomic mass is 9.95. The first-order valence-corrected chi connectivity index (χ1v) is 51.9. The van der Waals surface area contributed by atoms with E-state index in [1.165, 1.54) is 38.9 Å². The van der Waals surface area contributed by atoms with Crippen molar-refractivity contribution in [2.24, 2.45) is 39.5 Å². The Morgan fingerprint density at radius 1 is 0.324 bits per heavy atom. The molecule has 33 nitrogen and oxygen atoms in total. The zero-order valence-corrected chi connectivity index (χ0v) is 89.4. The zero-order valence-electron chi connectivity index (χ0n) is 88.6. The minimum Gasteiger partial charge on any atom is -0.480 e. The van der Waals surface area contributed by atoms with E-state index >= 15 is 0 Å². The van der Waals surface area contributed by atoms with Crippen molar-refractivity contribution in [3.8, 4) is 0 Å². The van der Waals surface area contributed by atoms with Crippen molar-refractivity contribution >= 4 is 72.2 Å². The third kappa shape index (κ3) is 52.6. The SMILES string of the molecule is Cc1ccc(CC2CN3CCN(CC(=O)OC(C)(C)C)CCN(CCN(CC(C)(C)C)CC3)C2)cc1.Cc1ccc(CC2CN3CCN(CC(=O)OC(C)(C)C)CCN(CCN(CC(C)(C)C)CC3)C2)cc1.Cc1ccc(CC2CN3CCN(COC=O)CCN(CCN(CC(=O)O)CC3)C2)cc1.O=C=O.O=C=O.O=COCN1CCN2CCN(CC(=O)O)CCN(CC1)CC(Cc1ccc(N=C=S)cc1)C2. The maximum Gasteiger partial charge on any atom is 0.373 e. The number of nitrogens with zero attached hydrogens (tertiary/aromatic N) is 17. The van der Waals surface area contributed by atoms with Gasteiger partial charge in [-0.2, -0.15) is 24.2 Å². The zero-order chi connectivity index (χ0) is 104. The van der Waals surface area contributed by atoms with Gasteiger partial charge in [0, 0.05) is 275 Å².